The van der Waals surface area contributed by atoms with Crippen molar-refractivity contribution in [2.75, 3.05) is 5.73 Å². The van der Waals surface area contributed by atoms with Gasteiger partial charge in [0, 0.05) is 4.90 Å². The lowest BCUT2D eigenvalue weighted by atomic mass is 10.2. The average molecular weight is 289 g/mol. The molecule has 1 heterocycles. The van der Waals surface area contributed by atoms with Crippen molar-refractivity contribution in [3.63, 3.8) is 0 Å². The SMILES string of the molecule is Cc1ccc(SCc2nc(C)c(C(=O)O)c(N)n2)cc1. The number of carbonyl (C=O) groups is 1. The van der Waals surface area contributed by atoms with Crippen molar-refractivity contribution >= 4 is 23.5 Å². The number of aromatic carboxylic acids is 1. The molecule has 2 rings (SSSR count). The topological polar surface area (TPSA) is 89.1 Å². The lowest BCUT2D eigenvalue weighted by molar-refractivity contribution is 0.0696. The van der Waals surface area contributed by atoms with Crippen molar-refractivity contribution in [1.82, 2.24) is 9.97 Å². The molecular formula is C14H15N3O2S. The largest absolute Gasteiger partial charge is 0.477 e. The number of nitrogens with zero attached hydrogens (tertiary/aromatic N) is 2. The van der Waals surface area contributed by atoms with E-state index in [2.05, 4.69) is 9.97 Å². The molecule has 1 aromatic carbocycles. The van der Waals surface area contributed by atoms with Gasteiger partial charge in [-0.25, -0.2) is 14.8 Å². The molecule has 0 saturated carbocycles. The van der Waals surface area contributed by atoms with Crippen molar-refractivity contribution in [2.24, 2.45) is 0 Å². The number of anilines is 1. The van der Waals surface area contributed by atoms with Crippen molar-refractivity contribution in [3.8, 4) is 0 Å². The molecule has 0 unspecified atom stereocenters. The molecule has 104 valence electrons. The van der Waals surface area contributed by atoms with Gasteiger partial charge in [0.15, 0.2) is 0 Å². The van der Waals surface area contributed by atoms with Crippen LogP contribution in [-0.4, -0.2) is 21.0 Å². The third-order valence-electron chi connectivity index (χ3n) is 2.77. The van der Waals surface area contributed by atoms with Crippen LogP contribution in [0.5, 0.6) is 0 Å². The maximum Gasteiger partial charge on any atom is 0.341 e. The summed E-state index contributed by atoms with van der Waals surface area (Å²) < 4.78 is 0. The van der Waals surface area contributed by atoms with Crippen molar-refractivity contribution in [2.45, 2.75) is 24.5 Å². The number of hydrogen-bond acceptors (Lipinski definition) is 5. The molecule has 5 nitrogen and oxygen atoms in total. The summed E-state index contributed by atoms with van der Waals surface area (Å²) in [4.78, 5) is 20.4. The van der Waals surface area contributed by atoms with Gasteiger partial charge < -0.3 is 10.8 Å². The highest BCUT2D eigenvalue weighted by molar-refractivity contribution is 7.98. The van der Waals surface area contributed by atoms with E-state index in [4.69, 9.17) is 10.8 Å². The van der Waals surface area contributed by atoms with E-state index >= 15 is 0 Å². The van der Waals surface area contributed by atoms with Gasteiger partial charge in [0.05, 0.1) is 11.4 Å². The first-order valence-electron chi connectivity index (χ1n) is 6.03. The molecule has 3 N–H and O–H groups in total. The Balaban J connectivity index is 2.14. The highest BCUT2D eigenvalue weighted by Gasteiger charge is 2.15. The van der Waals surface area contributed by atoms with Gasteiger partial charge in [-0.05, 0) is 26.0 Å². The summed E-state index contributed by atoms with van der Waals surface area (Å²) in [5.41, 5.74) is 7.25. The molecule has 6 heteroatoms. The number of carboxylic acid groups (broad SMARTS) is 1. The van der Waals surface area contributed by atoms with Gasteiger partial charge in [-0.1, -0.05) is 17.7 Å². The summed E-state index contributed by atoms with van der Waals surface area (Å²) in [5.74, 6) is 0.00592. The van der Waals surface area contributed by atoms with Gasteiger partial charge in [0.2, 0.25) is 0 Å². The molecule has 0 aliphatic carbocycles. The number of aryl methyl sites for hydroxylation is 2. The summed E-state index contributed by atoms with van der Waals surface area (Å²) >= 11 is 1.59. The number of hydrogen-bond donors (Lipinski definition) is 2. The summed E-state index contributed by atoms with van der Waals surface area (Å²) in [6, 6.07) is 8.14. The van der Waals surface area contributed by atoms with Crippen LogP contribution in [0.15, 0.2) is 29.2 Å². The highest BCUT2D eigenvalue weighted by atomic mass is 32.2. The molecular weight excluding hydrogens is 274 g/mol. The van der Waals surface area contributed by atoms with Crippen molar-refractivity contribution < 1.29 is 9.90 Å². The fourth-order valence-electron chi connectivity index (χ4n) is 1.77. The Morgan fingerprint density at radius 1 is 1.25 bits per heavy atom. The van der Waals surface area contributed by atoms with Gasteiger partial charge >= 0.3 is 5.97 Å². The Kier molecular flexibility index (Phi) is 4.24. The summed E-state index contributed by atoms with van der Waals surface area (Å²) in [6.45, 7) is 3.66. The first-order valence-corrected chi connectivity index (χ1v) is 7.01. The van der Waals surface area contributed by atoms with Gasteiger partial charge in [-0.15, -0.1) is 11.8 Å². The number of aromatic nitrogens is 2. The second-order valence-corrected chi connectivity index (χ2v) is 5.44. The third kappa shape index (κ3) is 3.27. The lowest BCUT2D eigenvalue weighted by Gasteiger charge is -2.07. The van der Waals surface area contributed by atoms with Crippen LogP contribution >= 0.6 is 11.8 Å². The monoisotopic (exact) mass is 289 g/mol. The number of benzene rings is 1. The van der Waals surface area contributed by atoms with Crippen LogP contribution in [0, 0.1) is 13.8 Å². The van der Waals surface area contributed by atoms with E-state index in [1.165, 1.54) is 5.56 Å². The first kappa shape index (κ1) is 14.3. The number of nitrogen functional groups attached to an aromatic ring is 1. The fourth-order valence-corrected chi connectivity index (χ4v) is 2.52. The van der Waals surface area contributed by atoms with Gasteiger partial charge in [0.1, 0.15) is 17.2 Å². The average Bonchev–Trinajstić information content (AvgIpc) is 2.37. The summed E-state index contributed by atoms with van der Waals surface area (Å²) in [6.07, 6.45) is 0. The standard InChI is InChI=1S/C14H15N3O2S/c1-8-3-5-10(6-4-8)20-7-11-16-9(2)12(14(18)19)13(15)17-11/h3-6H,7H2,1-2H3,(H,18,19)(H2,15,16,17). The van der Waals surface area contributed by atoms with E-state index in [1.54, 1.807) is 18.7 Å². The summed E-state index contributed by atoms with van der Waals surface area (Å²) in [7, 11) is 0. The van der Waals surface area contributed by atoms with Gasteiger partial charge in [0.25, 0.3) is 0 Å². The molecule has 0 aliphatic heterocycles. The molecule has 20 heavy (non-hydrogen) atoms. The smallest absolute Gasteiger partial charge is 0.341 e. The highest BCUT2D eigenvalue weighted by Crippen LogP contribution is 2.23. The molecule has 1 aromatic heterocycles. The fraction of sp³-hybridized carbons (Fsp3) is 0.214. The molecule has 0 bridgehead atoms. The Labute approximate surface area is 121 Å². The molecule has 0 fully saturated rings. The van der Waals surface area contributed by atoms with E-state index in [0.717, 1.165) is 4.90 Å². The second kappa shape index (κ2) is 5.92. The van der Waals surface area contributed by atoms with Crippen LogP contribution in [0.2, 0.25) is 0 Å². The van der Waals surface area contributed by atoms with Crippen LogP contribution < -0.4 is 5.73 Å². The van der Waals surface area contributed by atoms with E-state index in [0.29, 0.717) is 17.3 Å². The minimum Gasteiger partial charge on any atom is -0.477 e. The van der Waals surface area contributed by atoms with Crippen LogP contribution in [0.4, 0.5) is 5.82 Å². The maximum atomic E-state index is 11.0. The molecule has 0 saturated heterocycles. The molecule has 0 aliphatic rings. The Bertz CT molecular complexity index is 618. The van der Waals surface area contributed by atoms with E-state index < -0.39 is 5.97 Å². The lowest BCUT2D eigenvalue weighted by Crippen LogP contribution is -2.11. The third-order valence-corrected chi connectivity index (χ3v) is 3.78. The first-order chi connectivity index (χ1) is 9.47. The van der Waals surface area contributed by atoms with Crippen LogP contribution in [0.3, 0.4) is 0 Å². The second-order valence-electron chi connectivity index (χ2n) is 4.39. The molecule has 0 atom stereocenters. The predicted octanol–water partition coefficient (Wildman–Crippen LogP) is 2.67. The van der Waals surface area contributed by atoms with Gasteiger partial charge in [-0.2, -0.15) is 0 Å². The van der Waals surface area contributed by atoms with E-state index in [9.17, 15) is 4.79 Å². The van der Waals surface area contributed by atoms with Crippen molar-refractivity contribution in [3.05, 3.63) is 46.9 Å². The van der Waals surface area contributed by atoms with E-state index in [1.807, 2.05) is 31.2 Å². The normalized spacial score (nSPS) is 10.5. The zero-order valence-electron chi connectivity index (χ0n) is 11.3. The molecule has 2 aromatic rings. The maximum absolute atomic E-state index is 11.0. The van der Waals surface area contributed by atoms with Crippen LogP contribution in [0.25, 0.3) is 0 Å². The number of thioether (sulfide) groups is 1. The number of nitrogens with two attached hydrogens (primary N) is 1. The van der Waals surface area contributed by atoms with Gasteiger partial charge in [-0.3, -0.25) is 0 Å². The zero-order chi connectivity index (χ0) is 14.7. The van der Waals surface area contributed by atoms with E-state index in [-0.39, 0.29) is 11.4 Å². The quantitative estimate of drug-likeness (QED) is 0.841. The molecule has 0 radical (unpaired) electrons. The zero-order valence-corrected chi connectivity index (χ0v) is 12.1. The molecule has 0 spiro atoms. The van der Waals surface area contributed by atoms with Crippen LogP contribution in [-0.2, 0) is 5.75 Å². The minimum atomic E-state index is -1.10. The summed E-state index contributed by atoms with van der Waals surface area (Å²) in [5, 5.41) is 9.01. The van der Waals surface area contributed by atoms with Crippen molar-refractivity contribution in [1.29, 1.82) is 0 Å². The number of rotatable bonds is 4. The Hall–Kier alpha value is -2.08. The Morgan fingerprint density at radius 3 is 2.45 bits per heavy atom. The number of carboxylic acids is 1. The minimum absolute atomic E-state index is 0.0181. The Morgan fingerprint density at radius 2 is 1.90 bits per heavy atom. The predicted molar refractivity (Wildman–Crippen MR) is 78.9 cm³/mol. The van der Waals surface area contributed by atoms with Crippen LogP contribution in [0.1, 0.15) is 27.4 Å². The molecule has 0 amide bonds.